The monoisotopic (exact) mass is 377 g/mol. The van der Waals surface area contributed by atoms with Gasteiger partial charge in [0.2, 0.25) is 17.8 Å². The highest BCUT2D eigenvalue weighted by Gasteiger charge is 2.33. The van der Waals surface area contributed by atoms with Crippen molar-refractivity contribution in [3.8, 4) is 17.1 Å². The van der Waals surface area contributed by atoms with Gasteiger partial charge in [-0.05, 0) is 19.1 Å². The van der Waals surface area contributed by atoms with Crippen molar-refractivity contribution in [1.29, 1.82) is 0 Å². The van der Waals surface area contributed by atoms with E-state index in [4.69, 9.17) is 4.74 Å². The molecule has 2 heterocycles. The molecule has 142 valence electrons. The van der Waals surface area contributed by atoms with Crippen LogP contribution in [0.2, 0.25) is 0 Å². The molecular formula is C20H19N5O3. The zero-order valence-electron chi connectivity index (χ0n) is 15.5. The highest BCUT2D eigenvalue weighted by Crippen LogP contribution is 2.29. The highest BCUT2D eigenvalue weighted by molar-refractivity contribution is 6.01. The van der Waals surface area contributed by atoms with Crippen molar-refractivity contribution < 1.29 is 14.3 Å². The first-order valence-electron chi connectivity index (χ1n) is 8.82. The minimum Gasteiger partial charge on any atom is -0.495 e. The number of methoxy groups -OCH3 is 1. The van der Waals surface area contributed by atoms with E-state index >= 15 is 0 Å². The Morgan fingerprint density at radius 2 is 1.96 bits per heavy atom. The minimum absolute atomic E-state index is 0.0231. The lowest BCUT2D eigenvalue weighted by molar-refractivity contribution is -0.125. The van der Waals surface area contributed by atoms with Gasteiger partial charge in [0.25, 0.3) is 0 Å². The second kappa shape index (κ2) is 7.15. The quantitative estimate of drug-likeness (QED) is 0.729. The molecule has 1 aliphatic rings. The van der Waals surface area contributed by atoms with Gasteiger partial charge < -0.3 is 10.1 Å². The van der Waals surface area contributed by atoms with E-state index in [2.05, 4.69) is 20.7 Å². The summed E-state index contributed by atoms with van der Waals surface area (Å²) in [7, 11) is 1.53. The number of fused-ring (bicyclic) bond motifs is 1. The predicted molar refractivity (Wildman–Crippen MR) is 104 cm³/mol. The number of aromatic nitrogens is 3. The molecular weight excluding hydrogens is 358 g/mol. The van der Waals surface area contributed by atoms with Crippen LogP contribution in [0.3, 0.4) is 0 Å². The molecule has 1 aliphatic heterocycles. The number of aryl methyl sites for hydroxylation is 1. The van der Waals surface area contributed by atoms with Crippen LogP contribution in [0.25, 0.3) is 11.4 Å². The van der Waals surface area contributed by atoms with Crippen molar-refractivity contribution in [2.45, 2.75) is 19.4 Å². The fourth-order valence-electron chi connectivity index (χ4n) is 3.06. The van der Waals surface area contributed by atoms with Crippen LogP contribution in [0.15, 0.2) is 48.5 Å². The number of amides is 2. The molecule has 2 amide bonds. The zero-order valence-corrected chi connectivity index (χ0v) is 15.5. The summed E-state index contributed by atoms with van der Waals surface area (Å²) >= 11 is 0. The molecule has 4 rings (SSSR count). The van der Waals surface area contributed by atoms with Gasteiger partial charge in [-0.1, -0.05) is 42.0 Å². The topological polar surface area (TPSA) is 98.1 Å². The van der Waals surface area contributed by atoms with Gasteiger partial charge in [0.15, 0.2) is 5.82 Å². The summed E-state index contributed by atoms with van der Waals surface area (Å²) in [5.41, 5.74) is 2.46. The van der Waals surface area contributed by atoms with E-state index in [-0.39, 0.29) is 24.2 Å². The molecule has 3 aromatic rings. The third-order valence-corrected chi connectivity index (χ3v) is 4.53. The van der Waals surface area contributed by atoms with Gasteiger partial charge in [0.05, 0.1) is 19.2 Å². The van der Waals surface area contributed by atoms with Crippen LogP contribution in [0, 0.1) is 6.92 Å². The molecule has 0 spiro atoms. The summed E-state index contributed by atoms with van der Waals surface area (Å²) in [4.78, 5) is 29.4. The van der Waals surface area contributed by atoms with Crippen LogP contribution in [0.1, 0.15) is 18.0 Å². The summed E-state index contributed by atoms with van der Waals surface area (Å²) in [6.45, 7) is 1.99. The van der Waals surface area contributed by atoms with Crippen LogP contribution in [-0.2, 0) is 9.59 Å². The lowest BCUT2D eigenvalue weighted by Gasteiger charge is -2.22. The second-order valence-electron chi connectivity index (χ2n) is 6.53. The predicted octanol–water partition coefficient (Wildman–Crippen LogP) is 2.78. The Hall–Kier alpha value is -3.68. The Labute approximate surface area is 161 Å². The fourth-order valence-corrected chi connectivity index (χ4v) is 3.06. The molecule has 2 N–H and O–H groups in total. The van der Waals surface area contributed by atoms with E-state index in [1.54, 1.807) is 18.2 Å². The van der Waals surface area contributed by atoms with Gasteiger partial charge >= 0.3 is 0 Å². The Bertz CT molecular complexity index is 1040. The van der Waals surface area contributed by atoms with E-state index in [1.807, 2.05) is 37.3 Å². The maximum atomic E-state index is 12.9. The third-order valence-electron chi connectivity index (χ3n) is 4.53. The lowest BCUT2D eigenvalue weighted by Crippen LogP contribution is -2.36. The van der Waals surface area contributed by atoms with E-state index in [9.17, 15) is 9.59 Å². The maximum Gasteiger partial charge on any atom is 0.250 e. The smallest absolute Gasteiger partial charge is 0.250 e. The van der Waals surface area contributed by atoms with Gasteiger partial charge in [-0.2, -0.15) is 4.98 Å². The van der Waals surface area contributed by atoms with E-state index in [0.29, 0.717) is 17.3 Å². The first-order chi connectivity index (χ1) is 13.5. The summed E-state index contributed by atoms with van der Waals surface area (Å²) in [6.07, 6.45) is -0.0231. The molecule has 0 aliphatic carbocycles. The first kappa shape index (κ1) is 17.7. The first-order valence-corrected chi connectivity index (χ1v) is 8.82. The molecule has 0 bridgehead atoms. The molecule has 0 fully saturated rings. The molecule has 0 unspecified atom stereocenters. The van der Waals surface area contributed by atoms with E-state index in [1.165, 1.54) is 11.8 Å². The molecule has 0 radical (unpaired) electrons. The van der Waals surface area contributed by atoms with Crippen LogP contribution in [0.5, 0.6) is 5.75 Å². The summed E-state index contributed by atoms with van der Waals surface area (Å²) in [5, 5.41) is 9.97. The van der Waals surface area contributed by atoms with Crippen LogP contribution < -0.4 is 15.4 Å². The number of nitrogens with zero attached hydrogens (tertiary/aromatic N) is 3. The molecule has 0 saturated carbocycles. The van der Waals surface area contributed by atoms with Crippen molar-refractivity contribution in [1.82, 2.24) is 14.8 Å². The molecule has 1 atom stereocenters. The number of anilines is 2. The van der Waals surface area contributed by atoms with Gasteiger partial charge in [0, 0.05) is 5.56 Å². The Kier molecular flexibility index (Phi) is 4.52. The lowest BCUT2D eigenvalue weighted by atomic mass is 10.1. The zero-order chi connectivity index (χ0) is 19.7. The number of para-hydroxylation sites is 2. The summed E-state index contributed by atoms with van der Waals surface area (Å²) in [5.74, 6) is 0.603. The average molecular weight is 377 g/mol. The molecule has 8 nitrogen and oxygen atoms in total. The normalized spacial score (nSPS) is 15.5. The van der Waals surface area contributed by atoms with Crippen molar-refractivity contribution >= 4 is 23.5 Å². The number of benzene rings is 2. The number of ether oxygens (including phenoxy) is 1. The number of rotatable bonds is 4. The van der Waals surface area contributed by atoms with Gasteiger partial charge in [-0.15, -0.1) is 5.10 Å². The fraction of sp³-hybridized carbons (Fsp3) is 0.200. The largest absolute Gasteiger partial charge is 0.495 e. The Morgan fingerprint density at radius 3 is 2.71 bits per heavy atom. The number of hydrogen-bond donors (Lipinski definition) is 2. The van der Waals surface area contributed by atoms with Crippen LogP contribution in [0.4, 0.5) is 11.6 Å². The molecule has 1 aromatic heterocycles. The standard InChI is InChI=1S/C20H19N5O3/c1-12-7-9-13(10-8-12)18-23-20-22-17(26)11-15(25(20)24-18)19(27)21-14-5-3-4-6-16(14)28-2/h3-10,15H,11H2,1-2H3,(H,21,27)(H,22,23,24,26)/t15-/m1/s1. The summed E-state index contributed by atoms with van der Waals surface area (Å²) < 4.78 is 6.73. The number of hydrogen-bond acceptors (Lipinski definition) is 5. The molecule has 28 heavy (non-hydrogen) atoms. The molecule has 0 saturated heterocycles. The Morgan fingerprint density at radius 1 is 1.21 bits per heavy atom. The number of carbonyl (C=O) groups excluding carboxylic acids is 2. The molecule has 2 aromatic carbocycles. The van der Waals surface area contributed by atoms with Crippen molar-refractivity contribution in [2.75, 3.05) is 17.7 Å². The van der Waals surface area contributed by atoms with Gasteiger partial charge in [0.1, 0.15) is 11.8 Å². The molecule has 8 heteroatoms. The minimum atomic E-state index is -0.805. The average Bonchev–Trinajstić information content (AvgIpc) is 3.12. The SMILES string of the molecule is COc1ccccc1NC(=O)[C@H]1CC(=O)Nc2nc(-c3ccc(C)cc3)nn21. The highest BCUT2D eigenvalue weighted by atomic mass is 16.5. The van der Waals surface area contributed by atoms with E-state index in [0.717, 1.165) is 11.1 Å². The second-order valence-corrected chi connectivity index (χ2v) is 6.53. The van der Waals surface area contributed by atoms with Crippen molar-refractivity contribution in [3.05, 3.63) is 54.1 Å². The third kappa shape index (κ3) is 3.32. The Balaban J connectivity index is 1.65. The van der Waals surface area contributed by atoms with Gasteiger partial charge in [-0.3, -0.25) is 14.9 Å². The van der Waals surface area contributed by atoms with Gasteiger partial charge in [-0.25, -0.2) is 4.68 Å². The number of nitrogens with one attached hydrogen (secondary N) is 2. The van der Waals surface area contributed by atoms with E-state index < -0.39 is 6.04 Å². The number of carbonyl (C=O) groups is 2. The van der Waals surface area contributed by atoms with Crippen molar-refractivity contribution in [3.63, 3.8) is 0 Å². The van der Waals surface area contributed by atoms with Crippen LogP contribution in [-0.4, -0.2) is 33.7 Å². The maximum absolute atomic E-state index is 12.9. The summed E-state index contributed by atoms with van der Waals surface area (Å²) in [6, 6.07) is 14.0. The van der Waals surface area contributed by atoms with Crippen LogP contribution >= 0.6 is 0 Å². The van der Waals surface area contributed by atoms with Crippen molar-refractivity contribution in [2.24, 2.45) is 0 Å².